The summed E-state index contributed by atoms with van der Waals surface area (Å²) in [6.45, 7) is 2.98. The minimum absolute atomic E-state index is 0.170. The minimum Gasteiger partial charge on any atom is -0.339 e. The Kier molecular flexibility index (Phi) is 8.46. The smallest absolute Gasteiger partial charge is 0.226 e. The maximum atomic E-state index is 6.01. The van der Waals surface area contributed by atoms with Gasteiger partial charge in [-0.05, 0) is 20.5 Å². The Morgan fingerprint density at radius 3 is 2.40 bits per heavy atom. The first-order valence-electron chi connectivity index (χ1n) is 7.86. The van der Waals surface area contributed by atoms with Crippen molar-refractivity contribution in [3.05, 3.63) is 11.7 Å². The van der Waals surface area contributed by atoms with Gasteiger partial charge in [0.05, 0.1) is 6.04 Å². The van der Waals surface area contributed by atoms with Gasteiger partial charge in [0, 0.05) is 13.0 Å². The van der Waals surface area contributed by atoms with Crippen molar-refractivity contribution < 1.29 is 4.52 Å². The molecule has 20 heavy (non-hydrogen) atoms. The van der Waals surface area contributed by atoms with E-state index in [9.17, 15) is 0 Å². The van der Waals surface area contributed by atoms with Crippen LogP contribution in [0, 0.1) is 0 Å². The van der Waals surface area contributed by atoms with E-state index in [0.29, 0.717) is 5.82 Å². The number of likely N-dealkylation sites (N-methyl/N-ethyl adjacent to an activating group) is 1. The van der Waals surface area contributed by atoms with Gasteiger partial charge in [0.1, 0.15) is 0 Å². The zero-order valence-corrected chi connectivity index (χ0v) is 13.3. The number of nitrogens with two attached hydrogens (primary N) is 1. The van der Waals surface area contributed by atoms with Crippen molar-refractivity contribution in [1.82, 2.24) is 15.0 Å². The van der Waals surface area contributed by atoms with Gasteiger partial charge in [-0.2, -0.15) is 4.98 Å². The van der Waals surface area contributed by atoms with Crippen LogP contribution >= 0.6 is 0 Å². The van der Waals surface area contributed by atoms with Crippen molar-refractivity contribution in [1.29, 1.82) is 0 Å². The molecule has 0 amide bonds. The van der Waals surface area contributed by atoms with E-state index in [4.69, 9.17) is 10.3 Å². The number of hydrogen-bond donors (Lipinski definition) is 1. The molecule has 1 aromatic heterocycles. The van der Waals surface area contributed by atoms with Gasteiger partial charge in [-0.3, -0.25) is 0 Å². The second-order valence-electron chi connectivity index (χ2n) is 5.79. The quantitative estimate of drug-likeness (QED) is 0.632. The molecule has 2 N–H and O–H groups in total. The van der Waals surface area contributed by atoms with Gasteiger partial charge in [-0.1, -0.05) is 50.6 Å². The standard InChI is InChI=1S/C15H30N4O/c1-4-5-6-7-8-9-10-11-14-17-15(18-20-14)13(16)12-19(2)3/h13H,4-12,16H2,1-3H3. The van der Waals surface area contributed by atoms with Crippen molar-refractivity contribution in [2.45, 2.75) is 64.3 Å². The second kappa shape index (κ2) is 9.88. The summed E-state index contributed by atoms with van der Waals surface area (Å²) in [7, 11) is 3.97. The first kappa shape index (κ1) is 17.1. The highest BCUT2D eigenvalue weighted by molar-refractivity contribution is 4.93. The Balaban J connectivity index is 2.17. The Labute approximate surface area is 122 Å². The third-order valence-electron chi connectivity index (χ3n) is 3.37. The second-order valence-corrected chi connectivity index (χ2v) is 5.79. The number of aryl methyl sites for hydroxylation is 1. The number of nitrogens with zero attached hydrogens (tertiary/aromatic N) is 3. The summed E-state index contributed by atoms with van der Waals surface area (Å²) in [5.74, 6) is 1.35. The Morgan fingerprint density at radius 2 is 1.75 bits per heavy atom. The predicted molar refractivity (Wildman–Crippen MR) is 81.5 cm³/mol. The summed E-state index contributed by atoms with van der Waals surface area (Å²) in [5, 5.41) is 3.97. The number of aromatic nitrogens is 2. The van der Waals surface area contributed by atoms with E-state index in [1.807, 2.05) is 19.0 Å². The van der Waals surface area contributed by atoms with Gasteiger partial charge in [-0.15, -0.1) is 0 Å². The molecule has 1 rings (SSSR count). The molecular formula is C15H30N4O. The molecule has 0 aliphatic heterocycles. The maximum absolute atomic E-state index is 6.01. The monoisotopic (exact) mass is 282 g/mol. The van der Waals surface area contributed by atoms with Crippen molar-refractivity contribution in [2.24, 2.45) is 5.73 Å². The normalized spacial score (nSPS) is 13.1. The van der Waals surface area contributed by atoms with Crippen LogP contribution in [0.2, 0.25) is 0 Å². The zero-order chi connectivity index (χ0) is 14.8. The van der Waals surface area contributed by atoms with Crippen LogP contribution in [-0.4, -0.2) is 35.7 Å². The summed E-state index contributed by atoms with van der Waals surface area (Å²) in [5.41, 5.74) is 6.01. The third kappa shape index (κ3) is 7.01. The molecule has 0 bridgehead atoms. The highest BCUT2D eigenvalue weighted by Gasteiger charge is 2.14. The molecule has 0 saturated carbocycles. The van der Waals surface area contributed by atoms with E-state index >= 15 is 0 Å². The molecular weight excluding hydrogens is 252 g/mol. The van der Waals surface area contributed by atoms with Crippen LogP contribution in [0.5, 0.6) is 0 Å². The SMILES string of the molecule is CCCCCCCCCc1nc(C(N)CN(C)C)no1. The maximum Gasteiger partial charge on any atom is 0.226 e. The van der Waals surface area contributed by atoms with Crippen molar-refractivity contribution in [2.75, 3.05) is 20.6 Å². The molecule has 1 heterocycles. The lowest BCUT2D eigenvalue weighted by molar-refractivity contribution is 0.344. The summed E-state index contributed by atoms with van der Waals surface area (Å²) in [4.78, 5) is 6.41. The van der Waals surface area contributed by atoms with Crippen molar-refractivity contribution in [3.8, 4) is 0 Å². The van der Waals surface area contributed by atoms with Crippen molar-refractivity contribution in [3.63, 3.8) is 0 Å². The Morgan fingerprint density at radius 1 is 1.10 bits per heavy atom. The molecule has 0 aromatic carbocycles. The van der Waals surface area contributed by atoms with E-state index in [2.05, 4.69) is 17.1 Å². The number of hydrogen-bond acceptors (Lipinski definition) is 5. The van der Waals surface area contributed by atoms with Crippen LogP contribution in [0.3, 0.4) is 0 Å². The molecule has 1 atom stereocenters. The van der Waals surface area contributed by atoms with Gasteiger partial charge in [0.25, 0.3) is 0 Å². The largest absolute Gasteiger partial charge is 0.339 e. The summed E-state index contributed by atoms with van der Waals surface area (Å²) < 4.78 is 5.25. The van der Waals surface area contributed by atoms with E-state index in [0.717, 1.165) is 25.3 Å². The average molecular weight is 282 g/mol. The van der Waals surface area contributed by atoms with E-state index in [1.165, 1.54) is 38.5 Å². The van der Waals surface area contributed by atoms with Crippen LogP contribution in [0.25, 0.3) is 0 Å². The summed E-state index contributed by atoms with van der Waals surface area (Å²) >= 11 is 0. The van der Waals surface area contributed by atoms with E-state index < -0.39 is 0 Å². The average Bonchev–Trinajstić information content (AvgIpc) is 2.86. The lowest BCUT2D eigenvalue weighted by atomic mass is 10.1. The summed E-state index contributed by atoms with van der Waals surface area (Å²) in [6, 6.07) is -0.170. The fraction of sp³-hybridized carbons (Fsp3) is 0.867. The highest BCUT2D eigenvalue weighted by atomic mass is 16.5. The molecule has 0 fully saturated rings. The van der Waals surface area contributed by atoms with Crippen LogP contribution in [0.4, 0.5) is 0 Å². The summed E-state index contributed by atoms with van der Waals surface area (Å²) in [6.07, 6.45) is 9.91. The molecule has 1 unspecified atom stereocenters. The van der Waals surface area contributed by atoms with Gasteiger partial charge in [0.15, 0.2) is 5.82 Å². The third-order valence-corrected chi connectivity index (χ3v) is 3.37. The van der Waals surface area contributed by atoms with Crippen LogP contribution in [0.15, 0.2) is 4.52 Å². The van der Waals surface area contributed by atoms with Gasteiger partial charge in [0.2, 0.25) is 5.89 Å². The van der Waals surface area contributed by atoms with Crippen LogP contribution in [-0.2, 0) is 6.42 Å². The molecule has 0 aliphatic rings. The number of rotatable bonds is 11. The molecule has 1 aromatic rings. The molecule has 0 saturated heterocycles. The van der Waals surface area contributed by atoms with Gasteiger partial charge in [-0.25, -0.2) is 0 Å². The fourth-order valence-corrected chi connectivity index (χ4v) is 2.23. The molecule has 0 aliphatic carbocycles. The van der Waals surface area contributed by atoms with E-state index in [-0.39, 0.29) is 6.04 Å². The molecule has 5 heteroatoms. The van der Waals surface area contributed by atoms with Crippen LogP contribution < -0.4 is 5.73 Å². The van der Waals surface area contributed by atoms with Crippen LogP contribution in [0.1, 0.15) is 69.6 Å². The first-order valence-corrected chi connectivity index (χ1v) is 7.86. The topological polar surface area (TPSA) is 68.2 Å². The number of unbranched alkanes of at least 4 members (excludes halogenated alkanes) is 6. The van der Waals surface area contributed by atoms with Gasteiger partial charge < -0.3 is 15.2 Å². The Bertz CT molecular complexity index is 351. The molecule has 116 valence electrons. The minimum atomic E-state index is -0.170. The Hall–Kier alpha value is -0.940. The fourth-order valence-electron chi connectivity index (χ4n) is 2.23. The first-order chi connectivity index (χ1) is 9.63. The van der Waals surface area contributed by atoms with Gasteiger partial charge >= 0.3 is 0 Å². The lowest BCUT2D eigenvalue weighted by Crippen LogP contribution is -2.26. The molecule has 5 nitrogen and oxygen atoms in total. The molecule has 0 radical (unpaired) electrons. The lowest BCUT2D eigenvalue weighted by Gasteiger charge is -2.12. The highest BCUT2D eigenvalue weighted by Crippen LogP contribution is 2.11. The molecule has 0 spiro atoms. The predicted octanol–water partition coefficient (Wildman–Crippen LogP) is 2.92. The van der Waals surface area contributed by atoms with Crippen molar-refractivity contribution >= 4 is 0 Å². The zero-order valence-electron chi connectivity index (χ0n) is 13.3. The van der Waals surface area contributed by atoms with E-state index in [1.54, 1.807) is 0 Å².